The van der Waals surface area contributed by atoms with Crippen molar-refractivity contribution >= 4 is 28.8 Å². The van der Waals surface area contributed by atoms with Crippen LogP contribution in [0.3, 0.4) is 0 Å². The molecule has 1 aliphatic heterocycles. The van der Waals surface area contributed by atoms with Gasteiger partial charge in [-0.3, -0.25) is 4.68 Å². The van der Waals surface area contributed by atoms with Gasteiger partial charge in [0.25, 0.3) is 0 Å². The summed E-state index contributed by atoms with van der Waals surface area (Å²) in [5.74, 6) is -0.401. The lowest BCUT2D eigenvalue weighted by molar-refractivity contribution is -0.141. The third kappa shape index (κ3) is 4.70. The molecule has 34 heavy (non-hydrogen) atoms. The SMILES string of the molecule is CCn1cc(-c2sccc2C2CN(C(=O)OC(C)(C)C)Cc3sc(C#N)cc32)c(C(F)(F)F)n1. The number of rotatable bonds is 3. The van der Waals surface area contributed by atoms with Crippen molar-refractivity contribution in [3.05, 3.63) is 50.3 Å². The largest absolute Gasteiger partial charge is 0.444 e. The molecule has 180 valence electrons. The van der Waals surface area contributed by atoms with E-state index in [4.69, 9.17) is 4.74 Å². The van der Waals surface area contributed by atoms with Crippen molar-refractivity contribution < 1.29 is 22.7 Å². The molecular formula is C23H23F3N4O2S2. The normalized spacial score (nSPS) is 16.3. The van der Waals surface area contributed by atoms with Crippen molar-refractivity contribution in [1.29, 1.82) is 5.26 Å². The maximum Gasteiger partial charge on any atom is 0.435 e. The van der Waals surface area contributed by atoms with Crippen LogP contribution < -0.4 is 0 Å². The van der Waals surface area contributed by atoms with Gasteiger partial charge in [0.15, 0.2) is 5.69 Å². The maximum atomic E-state index is 13.8. The third-order valence-electron chi connectivity index (χ3n) is 5.39. The van der Waals surface area contributed by atoms with Gasteiger partial charge in [-0.2, -0.15) is 23.5 Å². The molecule has 3 aromatic heterocycles. The molecule has 0 bridgehead atoms. The number of aryl methyl sites for hydroxylation is 1. The zero-order valence-corrected chi connectivity index (χ0v) is 20.7. The molecular weight excluding hydrogens is 485 g/mol. The van der Waals surface area contributed by atoms with E-state index in [9.17, 15) is 23.2 Å². The topological polar surface area (TPSA) is 71.2 Å². The van der Waals surface area contributed by atoms with Crippen molar-refractivity contribution in [3.63, 3.8) is 0 Å². The Balaban J connectivity index is 1.81. The van der Waals surface area contributed by atoms with Gasteiger partial charge in [-0.15, -0.1) is 22.7 Å². The van der Waals surface area contributed by atoms with Crippen LogP contribution in [-0.2, 0) is 24.0 Å². The summed E-state index contributed by atoms with van der Waals surface area (Å²) >= 11 is 2.50. The number of hydrogen-bond acceptors (Lipinski definition) is 6. The van der Waals surface area contributed by atoms with Gasteiger partial charge in [-0.25, -0.2) is 4.79 Å². The zero-order chi connectivity index (χ0) is 24.8. The number of ether oxygens (including phenoxy) is 1. The summed E-state index contributed by atoms with van der Waals surface area (Å²) in [6.45, 7) is 7.88. The molecule has 1 amide bonds. The highest BCUT2D eigenvalue weighted by Crippen LogP contribution is 2.46. The highest BCUT2D eigenvalue weighted by atomic mass is 32.1. The predicted octanol–water partition coefficient (Wildman–Crippen LogP) is 6.47. The number of thiophene rings is 2. The Labute approximate surface area is 203 Å². The van der Waals surface area contributed by atoms with E-state index in [-0.39, 0.29) is 18.7 Å². The second-order valence-electron chi connectivity index (χ2n) is 8.96. The van der Waals surface area contributed by atoms with Crippen molar-refractivity contribution in [3.8, 4) is 16.5 Å². The van der Waals surface area contributed by atoms with E-state index >= 15 is 0 Å². The first-order valence-electron chi connectivity index (χ1n) is 10.6. The first kappa shape index (κ1) is 24.3. The molecule has 6 nitrogen and oxygen atoms in total. The highest BCUT2D eigenvalue weighted by molar-refractivity contribution is 7.14. The molecule has 1 unspecified atom stereocenters. The molecule has 0 spiro atoms. The number of nitriles is 1. The van der Waals surface area contributed by atoms with Gasteiger partial charge in [0, 0.05) is 40.5 Å². The van der Waals surface area contributed by atoms with E-state index in [0.29, 0.717) is 21.9 Å². The van der Waals surface area contributed by atoms with Crippen LogP contribution in [0.1, 0.15) is 60.2 Å². The molecule has 0 aromatic carbocycles. The number of carbonyl (C=O) groups excluding carboxylic acids is 1. The minimum atomic E-state index is -4.60. The van der Waals surface area contributed by atoms with Gasteiger partial charge in [-0.1, -0.05) is 0 Å². The first-order valence-corrected chi connectivity index (χ1v) is 12.3. The van der Waals surface area contributed by atoms with Crippen molar-refractivity contribution in [1.82, 2.24) is 14.7 Å². The Morgan fingerprint density at radius 1 is 1.32 bits per heavy atom. The molecule has 0 saturated carbocycles. The molecule has 0 saturated heterocycles. The Bertz CT molecular complexity index is 1260. The summed E-state index contributed by atoms with van der Waals surface area (Å²) in [7, 11) is 0. The third-order valence-corrected chi connectivity index (χ3v) is 7.39. The Kier molecular flexibility index (Phi) is 6.25. The van der Waals surface area contributed by atoms with Crippen molar-refractivity contribution in [2.45, 2.75) is 58.5 Å². The van der Waals surface area contributed by atoms with Crippen molar-refractivity contribution in [2.75, 3.05) is 6.54 Å². The van der Waals surface area contributed by atoms with Gasteiger partial charge in [0.1, 0.15) is 16.5 Å². The summed E-state index contributed by atoms with van der Waals surface area (Å²) in [6, 6.07) is 5.71. The number of aromatic nitrogens is 2. The molecule has 0 radical (unpaired) electrons. The molecule has 0 N–H and O–H groups in total. The fraction of sp³-hybridized carbons (Fsp3) is 0.435. The van der Waals surface area contributed by atoms with Crippen LogP contribution in [0.5, 0.6) is 0 Å². The Hall–Kier alpha value is -2.84. The minimum absolute atomic E-state index is 0.0195. The average molecular weight is 509 g/mol. The standard InChI is InChI=1S/C23H23F3N4O2S2/c1-5-30-11-17(20(28-30)23(24,25)26)19-14(6-7-33-19)16-10-29(21(31)32-22(2,3)4)12-18-15(16)8-13(9-27)34-18/h6-8,11,16H,5,10,12H2,1-4H3. The van der Waals surface area contributed by atoms with Gasteiger partial charge in [0.05, 0.1) is 6.54 Å². The van der Waals surface area contributed by atoms with Gasteiger partial charge in [0.2, 0.25) is 0 Å². The number of nitrogens with zero attached hydrogens (tertiary/aromatic N) is 4. The summed E-state index contributed by atoms with van der Waals surface area (Å²) in [6.07, 6.45) is -3.68. The molecule has 11 heteroatoms. The number of hydrogen-bond donors (Lipinski definition) is 0. The van der Waals surface area contributed by atoms with E-state index in [1.807, 2.05) is 0 Å². The van der Waals surface area contributed by atoms with Crippen molar-refractivity contribution in [2.24, 2.45) is 0 Å². The van der Waals surface area contributed by atoms with E-state index in [0.717, 1.165) is 10.4 Å². The monoisotopic (exact) mass is 508 g/mol. The number of alkyl halides is 3. The lowest BCUT2D eigenvalue weighted by Crippen LogP contribution is -2.41. The van der Waals surface area contributed by atoms with Gasteiger partial charge < -0.3 is 9.64 Å². The molecule has 1 atom stereocenters. The lowest BCUT2D eigenvalue weighted by atomic mass is 9.87. The lowest BCUT2D eigenvalue weighted by Gasteiger charge is -2.34. The van der Waals surface area contributed by atoms with Crippen LogP contribution in [0.15, 0.2) is 23.7 Å². The molecule has 4 heterocycles. The van der Waals surface area contributed by atoms with Crippen LogP contribution in [0, 0.1) is 11.3 Å². The average Bonchev–Trinajstić information content (AvgIpc) is 3.47. The first-order chi connectivity index (χ1) is 15.9. The highest BCUT2D eigenvalue weighted by Gasteiger charge is 2.40. The summed E-state index contributed by atoms with van der Waals surface area (Å²) in [5.41, 5.74) is -0.0724. The van der Waals surface area contributed by atoms with Crippen LogP contribution in [0.2, 0.25) is 0 Å². The molecule has 4 rings (SSSR count). The van der Waals surface area contributed by atoms with Gasteiger partial charge in [-0.05, 0) is 56.3 Å². The van der Waals surface area contributed by atoms with Crippen LogP contribution >= 0.6 is 22.7 Å². The van der Waals surface area contributed by atoms with Crippen LogP contribution in [0.4, 0.5) is 18.0 Å². The number of carbonyl (C=O) groups is 1. The zero-order valence-electron chi connectivity index (χ0n) is 19.1. The molecule has 3 aromatic rings. The molecule has 0 fully saturated rings. The van der Waals surface area contributed by atoms with Gasteiger partial charge >= 0.3 is 12.3 Å². The summed E-state index contributed by atoms with van der Waals surface area (Å²) in [4.78, 5) is 16.2. The van der Waals surface area contributed by atoms with E-state index in [1.165, 1.54) is 33.6 Å². The number of amides is 1. The smallest absolute Gasteiger partial charge is 0.435 e. The quantitative estimate of drug-likeness (QED) is 0.407. The number of halogens is 3. The fourth-order valence-electron chi connectivity index (χ4n) is 3.98. The van der Waals surface area contributed by atoms with Crippen LogP contribution in [0.25, 0.3) is 10.4 Å². The fourth-order valence-corrected chi connectivity index (χ4v) is 5.99. The summed E-state index contributed by atoms with van der Waals surface area (Å²) < 4.78 is 48.2. The van der Waals surface area contributed by atoms with E-state index < -0.39 is 29.5 Å². The van der Waals surface area contributed by atoms with E-state index in [2.05, 4.69) is 11.2 Å². The Morgan fingerprint density at radius 3 is 2.68 bits per heavy atom. The summed E-state index contributed by atoms with van der Waals surface area (Å²) in [5, 5.41) is 14.9. The molecule has 0 aliphatic carbocycles. The second kappa shape index (κ2) is 8.74. The van der Waals surface area contributed by atoms with E-state index in [1.54, 1.807) is 50.1 Å². The second-order valence-corrected chi connectivity index (χ2v) is 11.0. The molecule has 1 aliphatic rings. The predicted molar refractivity (Wildman–Crippen MR) is 124 cm³/mol. The Morgan fingerprint density at radius 2 is 2.06 bits per heavy atom. The van der Waals surface area contributed by atoms with Crippen LogP contribution in [-0.4, -0.2) is 32.9 Å². The minimum Gasteiger partial charge on any atom is -0.444 e. The maximum absolute atomic E-state index is 13.8. The number of fused-ring (bicyclic) bond motifs is 1.